The number of aromatic nitrogens is 2. The van der Waals surface area contributed by atoms with Crippen LogP contribution in [0, 0.1) is 6.92 Å². The zero-order valence-electron chi connectivity index (χ0n) is 10.8. The van der Waals surface area contributed by atoms with E-state index in [9.17, 15) is 0 Å². The molecule has 2 N–H and O–H groups in total. The number of rotatable bonds is 2. The first-order valence-electron chi connectivity index (χ1n) is 6.68. The summed E-state index contributed by atoms with van der Waals surface area (Å²) < 4.78 is 1.88. The van der Waals surface area contributed by atoms with Crippen LogP contribution >= 0.6 is 0 Å². The number of nitrogen functional groups attached to an aromatic ring is 1. The summed E-state index contributed by atoms with van der Waals surface area (Å²) in [7, 11) is 0. The van der Waals surface area contributed by atoms with Crippen LogP contribution in [0.1, 0.15) is 42.9 Å². The lowest BCUT2D eigenvalue weighted by molar-refractivity contribution is 0.676. The molecule has 1 aliphatic rings. The standard InChI is InChI=1S/C15H19N3/c1-11-14(12-7-5-6-8-12)17-18(15(11)16)13-9-3-2-4-10-13/h2-4,9-10,12H,5-8,16H2,1H3. The van der Waals surface area contributed by atoms with Crippen molar-refractivity contribution in [1.82, 2.24) is 9.78 Å². The molecule has 0 amide bonds. The smallest absolute Gasteiger partial charge is 0.130 e. The molecule has 0 saturated heterocycles. The molecule has 0 atom stereocenters. The average Bonchev–Trinajstić information content (AvgIpc) is 3.01. The van der Waals surface area contributed by atoms with Gasteiger partial charge >= 0.3 is 0 Å². The van der Waals surface area contributed by atoms with E-state index in [-0.39, 0.29) is 0 Å². The molecule has 1 aliphatic carbocycles. The van der Waals surface area contributed by atoms with Gasteiger partial charge in [0.05, 0.1) is 11.4 Å². The second kappa shape index (κ2) is 4.48. The van der Waals surface area contributed by atoms with Crippen LogP contribution in [0.2, 0.25) is 0 Å². The van der Waals surface area contributed by atoms with Crippen molar-refractivity contribution in [3.05, 3.63) is 41.6 Å². The van der Waals surface area contributed by atoms with Crippen molar-refractivity contribution in [2.45, 2.75) is 38.5 Å². The van der Waals surface area contributed by atoms with Gasteiger partial charge in [-0.05, 0) is 31.9 Å². The molecule has 94 valence electrons. The minimum absolute atomic E-state index is 0.609. The number of hydrogen-bond donors (Lipinski definition) is 1. The summed E-state index contributed by atoms with van der Waals surface area (Å²) in [5.74, 6) is 1.39. The fourth-order valence-electron chi connectivity index (χ4n) is 2.88. The van der Waals surface area contributed by atoms with E-state index in [1.54, 1.807) is 0 Å². The molecular weight excluding hydrogens is 222 g/mol. The molecule has 3 rings (SSSR count). The van der Waals surface area contributed by atoms with Crippen LogP contribution in [0.25, 0.3) is 5.69 Å². The molecule has 1 fully saturated rings. The van der Waals surface area contributed by atoms with Gasteiger partial charge < -0.3 is 5.73 Å². The minimum atomic E-state index is 0.609. The molecule has 3 heteroatoms. The van der Waals surface area contributed by atoms with Crippen molar-refractivity contribution in [3.8, 4) is 5.69 Å². The number of nitrogens with two attached hydrogens (primary N) is 1. The third-order valence-electron chi connectivity index (χ3n) is 3.95. The number of benzene rings is 1. The maximum atomic E-state index is 6.20. The van der Waals surface area contributed by atoms with E-state index in [4.69, 9.17) is 10.8 Å². The first-order chi connectivity index (χ1) is 8.77. The molecule has 0 bridgehead atoms. The highest BCUT2D eigenvalue weighted by Crippen LogP contribution is 2.36. The molecule has 1 saturated carbocycles. The maximum Gasteiger partial charge on any atom is 0.130 e. The molecule has 0 spiro atoms. The van der Waals surface area contributed by atoms with Crippen LogP contribution in [0.5, 0.6) is 0 Å². The Hall–Kier alpha value is -1.77. The van der Waals surface area contributed by atoms with Crippen LogP contribution in [-0.4, -0.2) is 9.78 Å². The summed E-state index contributed by atoms with van der Waals surface area (Å²) >= 11 is 0. The quantitative estimate of drug-likeness (QED) is 0.875. The molecule has 1 aromatic carbocycles. The van der Waals surface area contributed by atoms with Gasteiger partial charge in [0, 0.05) is 11.5 Å². The minimum Gasteiger partial charge on any atom is -0.383 e. The average molecular weight is 241 g/mol. The lowest BCUT2D eigenvalue weighted by atomic mass is 10.0. The molecule has 0 unspecified atom stereocenters. The van der Waals surface area contributed by atoms with Crippen molar-refractivity contribution < 1.29 is 0 Å². The van der Waals surface area contributed by atoms with E-state index < -0.39 is 0 Å². The molecule has 2 aromatic rings. The Kier molecular flexibility index (Phi) is 2.82. The van der Waals surface area contributed by atoms with E-state index in [0.717, 1.165) is 17.1 Å². The highest BCUT2D eigenvalue weighted by molar-refractivity contribution is 5.50. The van der Waals surface area contributed by atoms with E-state index >= 15 is 0 Å². The predicted octanol–water partition coefficient (Wildman–Crippen LogP) is 3.42. The first-order valence-corrected chi connectivity index (χ1v) is 6.68. The van der Waals surface area contributed by atoms with Crippen molar-refractivity contribution in [3.63, 3.8) is 0 Å². The van der Waals surface area contributed by atoms with Gasteiger partial charge in [-0.1, -0.05) is 31.0 Å². The molecule has 0 aliphatic heterocycles. The summed E-state index contributed by atoms with van der Waals surface area (Å²) in [5, 5.41) is 4.75. The maximum absolute atomic E-state index is 6.20. The van der Waals surface area contributed by atoms with Gasteiger partial charge in [0.1, 0.15) is 5.82 Å². The topological polar surface area (TPSA) is 43.8 Å². The van der Waals surface area contributed by atoms with Crippen molar-refractivity contribution in [2.24, 2.45) is 0 Å². The number of nitrogens with zero attached hydrogens (tertiary/aromatic N) is 2. The Morgan fingerprint density at radius 1 is 1.17 bits per heavy atom. The number of para-hydroxylation sites is 1. The molecule has 18 heavy (non-hydrogen) atoms. The molecular formula is C15H19N3. The monoisotopic (exact) mass is 241 g/mol. The summed E-state index contributed by atoms with van der Waals surface area (Å²) in [6.07, 6.45) is 5.16. The zero-order valence-corrected chi connectivity index (χ0v) is 10.8. The van der Waals surface area contributed by atoms with Gasteiger partial charge in [0.2, 0.25) is 0 Å². The normalized spacial score (nSPS) is 16.3. The van der Waals surface area contributed by atoms with E-state index in [1.165, 1.54) is 31.4 Å². The Labute approximate surface area is 108 Å². The van der Waals surface area contributed by atoms with Crippen LogP contribution in [0.15, 0.2) is 30.3 Å². The summed E-state index contributed by atoms with van der Waals surface area (Å²) in [4.78, 5) is 0. The van der Waals surface area contributed by atoms with E-state index in [1.807, 2.05) is 35.0 Å². The Bertz CT molecular complexity index is 536. The fourth-order valence-corrected chi connectivity index (χ4v) is 2.88. The summed E-state index contributed by atoms with van der Waals surface area (Å²) in [6.45, 7) is 2.09. The summed E-state index contributed by atoms with van der Waals surface area (Å²) in [6, 6.07) is 10.1. The molecule has 0 radical (unpaired) electrons. The highest BCUT2D eigenvalue weighted by Gasteiger charge is 2.24. The SMILES string of the molecule is Cc1c(C2CCCC2)nn(-c2ccccc2)c1N. The van der Waals surface area contributed by atoms with Crippen molar-refractivity contribution in [1.29, 1.82) is 0 Å². The molecule has 1 heterocycles. The van der Waals surface area contributed by atoms with Crippen molar-refractivity contribution >= 4 is 5.82 Å². The lowest BCUT2D eigenvalue weighted by Gasteiger charge is -2.05. The van der Waals surface area contributed by atoms with Crippen LogP contribution in [-0.2, 0) is 0 Å². The van der Waals surface area contributed by atoms with Gasteiger partial charge in [0.15, 0.2) is 0 Å². The fraction of sp³-hybridized carbons (Fsp3) is 0.400. The van der Waals surface area contributed by atoms with Gasteiger partial charge in [-0.15, -0.1) is 0 Å². The van der Waals surface area contributed by atoms with Crippen molar-refractivity contribution in [2.75, 3.05) is 5.73 Å². The Morgan fingerprint density at radius 2 is 1.83 bits per heavy atom. The number of hydrogen-bond acceptors (Lipinski definition) is 2. The molecule has 3 nitrogen and oxygen atoms in total. The van der Waals surface area contributed by atoms with Crippen LogP contribution in [0.4, 0.5) is 5.82 Å². The highest BCUT2D eigenvalue weighted by atomic mass is 15.3. The zero-order chi connectivity index (χ0) is 12.5. The van der Waals surface area contributed by atoms with Gasteiger partial charge in [-0.25, -0.2) is 4.68 Å². The summed E-state index contributed by atoms with van der Waals surface area (Å²) in [5.41, 5.74) is 9.61. The predicted molar refractivity (Wildman–Crippen MR) is 73.9 cm³/mol. The second-order valence-corrected chi connectivity index (χ2v) is 5.12. The number of anilines is 1. The third kappa shape index (κ3) is 1.80. The first kappa shape index (κ1) is 11.3. The Morgan fingerprint density at radius 3 is 2.50 bits per heavy atom. The van der Waals surface area contributed by atoms with Gasteiger partial charge in [0.25, 0.3) is 0 Å². The van der Waals surface area contributed by atoms with E-state index in [2.05, 4.69) is 6.92 Å². The molecule has 1 aromatic heterocycles. The second-order valence-electron chi connectivity index (χ2n) is 5.12. The van der Waals surface area contributed by atoms with Gasteiger partial charge in [-0.3, -0.25) is 0 Å². The third-order valence-corrected chi connectivity index (χ3v) is 3.95. The lowest BCUT2D eigenvalue weighted by Crippen LogP contribution is -2.02. The van der Waals surface area contributed by atoms with Crippen LogP contribution < -0.4 is 5.73 Å². The van der Waals surface area contributed by atoms with Gasteiger partial charge in [-0.2, -0.15) is 5.10 Å². The van der Waals surface area contributed by atoms with Crippen LogP contribution in [0.3, 0.4) is 0 Å². The largest absolute Gasteiger partial charge is 0.383 e. The van der Waals surface area contributed by atoms with E-state index in [0.29, 0.717) is 5.92 Å². The Balaban J connectivity index is 2.04.